The van der Waals surface area contributed by atoms with Crippen LogP contribution in [0.1, 0.15) is 30.1 Å². The molecule has 0 spiro atoms. The molecule has 0 bridgehead atoms. The molecule has 0 radical (unpaired) electrons. The van der Waals surface area contributed by atoms with Gasteiger partial charge in [0.2, 0.25) is 0 Å². The molecule has 2 rings (SSSR count). The van der Waals surface area contributed by atoms with Gasteiger partial charge < -0.3 is 11.1 Å². The van der Waals surface area contributed by atoms with Crippen molar-refractivity contribution in [2.45, 2.75) is 25.8 Å². The molecular formula is C16H17N3O. The predicted octanol–water partition coefficient (Wildman–Crippen LogP) is 2.84. The van der Waals surface area contributed by atoms with Crippen LogP contribution in [-0.2, 0) is 0 Å². The summed E-state index contributed by atoms with van der Waals surface area (Å²) in [7, 11) is 0. The zero-order chi connectivity index (χ0) is 14.5. The fourth-order valence-corrected chi connectivity index (χ4v) is 2.13. The van der Waals surface area contributed by atoms with E-state index < -0.39 is 0 Å². The molecule has 0 aromatic heterocycles. The number of hydrogen-bond acceptors (Lipinski definition) is 3. The molecule has 1 unspecified atom stereocenters. The summed E-state index contributed by atoms with van der Waals surface area (Å²) in [5.74, 6) is -0.227. The highest BCUT2D eigenvalue weighted by molar-refractivity contribution is 6.04. The molecule has 1 amide bonds. The third kappa shape index (κ3) is 2.89. The van der Waals surface area contributed by atoms with Crippen LogP contribution in [0, 0.1) is 11.3 Å². The third-order valence-electron chi connectivity index (χ3n) is 3.33. The number of benzene rings is 2. The lowest BCUT2D eigenvalue weighted by Crippen LogP contribution is -2.34. The van der Waals surface area contributed by atoms with Crippen LogP contribution in [0.5, 0.6) is 0 Å². The molecule has 4 heteroatoms. The van der Waals surface area contributed by atoms with Crippen LogP contribution in [0.15, 0.2) is 36.4 Å². The van der Waals surface area contributed by atoms with Crippen molar-refractivity contribution in [2.75, 3.05) is 5.73 Å². The second-order valence-corrected chi connectivity index (χ2v) is 4.73. The van der Waals surface area contributed by atoms with Crippen LogP contribution in [0.25, 0.3) is 10.8 Å². The topological polar surface area (TPSA) is 78.9 Å². The second kappa shape index (κ2) is 6.07. The average molecular weight is 267 g/mol. The largest absolute Gasteiger partial charge is 0.398 e. The number of nitriles is 1. The van der Waals surface area contributed by atoms with Crippen molar-refractivity contribution in [3.05, 3.63) is 42.0 Å². The number of anilines is 1. The molecule has 0 aliphatic heterocycles. The van der Waals surface area contributed by atoms with Gasteiger partial charge in [-0.15, -0.1) is 0 Å². The third-order valence-corrected chi connectivity index (χ3v) is 3.33. The van der Waals surface area contributed by atoms with Crippen molar-refractivity contribution < 1.29 is 4.79 Å². The van der Waals surface area contributed by atoms with E-state index in [1.165, 1.54) is 0 Å². The Morgan fingerprint density at radius 3 is 2.60 bits per heavy atom. The number of nitrogen functional groups attached to an aromatic ring is 1. The number of carbonyl (C=O) groups is 1. The van der Waals surface area contributed by atoms with Crippen LogP contribution < -0.4 is 11.1 Å². The molecule has 0 saturated heterocycles. The Balaban J connectivity index is 2.30. The van der Waals surface area contributed by atoms with Gasteiger partial charge in [0.1, 0.15) is 0 Å². The van der Waals surface area contributed by atoms with Gasteiger partial charge in [0.15, 0.2) is 0 Å². The first-order chi connectivity index (χ1) is 9.65. The minimum absolute atomic E-state index is 0.140. The smallest absolute Gasteiger partial charge is 0.253 e. The highest BCUT2D eigenvalue weighted by Crippen LogP contribution is 2.22. The number of nitrogens with zero attached hydrogens (tertiary/aromatic N) is 1. The van der Waals surface area contributed by atoms with Crippen molar-refractivity contribution in [1.29, 1.82) is 5.26 Å². The van der Waals surface area contributed by atoms with Crippen LogP contribution in [-0.4, -0.2) is 11.9 Å². The molecule has 0 fully saturated rings. The molecular weight excluding hydrogens is 250 g/mol. The number of nitrogens with two attached hydrogens (primary N) is 1. The van der Waals surface area contributed by atoms with E-state index >= 15 is 0 Å². The standard InChI is InChI=1S/C16H17N3O/c1-2-13(7-8-17)19-16(20)14-9-11-5-3-4-6-12(11)10-15(14)18/h3-6,9-10,13H,2,7,18H2,1H3,(H,19,20). The van der Waals surface area contributed by atoms with Crippen LogP contribution in [0.4, 0.5) is 5.69 Å². The number of fused-ring (bicyclic) bond motifs is 1. The number of hydrogen-bond donors (Lipinski definition) is 2. The Morgan fingerprint density at radius 2 is 2.00 bits per heavy atom. The van der Waals surface area contributed by atoms with Crippen molar-refractivity contribution in [3.63, 3.8) is 0 Å². The molecule has 102 valence electrons. The van der Waals surface area contributed by atoms with Crippen LogP contribution >= 0.6 is 0 Å². The van der Waals surface area contributed by atoms with Gasteiger partial charge in [-0.05, 0) is 29.3 Å². The molecule has 0 aliphatic carbocycles. The first-order valence-corrected chi connectivity index (χ1v) is 6.61. The van der Waals surface area contributed by atoms with E-state index in [4.69, 9.17) is 11.0 Å². The summed E-state index contributed by atoms with van der Waals surface area (Å²) in [6.07, 6.45) is 1.02. The summed E-state index contributed by atoms with van der Waals surface area (Å²) in [6, 6.07) is 13.3. The summed E-state index contributed by atoms with van der Waals surface area (Å²) in [4.78, 5) is 12.3. The molecule has 0 saturated carbocycles. The lowest BCUT2D eigenvalue weighted by atomic mass is 10.0. The first kappa shape index (κ1) is 13.9. The van der Waals surface area contributed by atoms with Crippen molar-refractivity contribution >= 4 is 22.4 Å². The molecule has 2 aromatic rings. The van der Waals surface area contributed by atoms with Crippen molar-refractivity contribution in [2.24, 2.45) is 0 Å². The summed E-state index contributed by atoms with van der Waals surface area (Å²) < 4.78 is 0. The van der Waals surface area contributed by atoms with Gasteiger partial charge in [0.25, 0.3) is 5.91 Å². The quantitative estimate of drug-likeness (QED) is 0.836. The predicted molar refractivity (Wildman–Crippen MR) is 80.1 cm³/mol. The van der Waals surface area contributed by atoms with Crippen LogP contribution in [0.2, 0.25) is 0 Å². The maximum Gasteiger partial charge on any atom is 0.253 e. The zero-order valence-corrected chi connectivity index (χ0v) is 11.4. The second-order valence-electron chi connectivity index (χ2n) is 4.73. The van der Waals surface area contributed by atoms with E-state index in [-0.39, 0.29) is 11.9 Å². The Morgan fingerprint density at radius 1 is 1.35 bits per heavy atom. The maximum absolute atomic E-state index is 12.3. The molecule has 3 N–H and O–H groups in total. The summed E-state index contributed by atoms with van der Waals surface area (Å²) in [6.45, 7) is 1.94. The highest BCUT2D eigenvalue weighted by Gasteiger charge is 2.15. The van der Waals surface area contributed by atoms with Crippen molar-refractivity contribution in [1.82, 2.24) is 5.32 Å². The molecule has 1 atom stereocenters. The normalized spacial score (nSPS) is 11.8. The van der Waals surface area contributed by atoms with Crippen LogP contribution in [0.3, 0.4) is 0 Å². The number of amides is 1. The first-order valence-electron chi connectivity index (χ1n) is 6.61. The molecule has 0 heterocycles. The Labute approximate surface area is 118 Å². The Bertz CT molecular complexity index is 673. The summed E-state index contributed by atoms with van der Waals surface area (Å²) in [5, 5.41) is 13.5. The van der Waals surface area contributed by atoms with Gasteiger partial charge >= 0.3 is 0 Å². The Hall–Kier alpha value is -2.54. The fraction of sp³-hybridized carbons (Fsp3) is 0.250. The lowest BCUT2D eigenvalue weighted by molar-refractivity contribution is 0.0937. The van der Waals surface area contributed by atoms with Gasteiger partial charge in [-0.3, -0.25) is 4.79 Å². The number of nitrogens with one attached hydrogen (secondary N) is 1. The zero-order valence-electron chi connectivity index (χ0n) is 11.4. The fourth-order valence-electron chi connectivity index (χ4n) is 2.13. The van der Waals surface area contributed by atoms with Gasteiger partial charge in [0, 0.05) is 11.7 Å². The number of carbonyl (C=O) groups excluding carboxylic acids is 1. The number of rotatable bonds is 4. The van der Waals surface area contributed by atoms with Gasteiger partial charge in [-0.2, -0.15) is 5.26 Å². The lowest BCUT2D eigenvalue weighted by Gasteiger charge is -2.15. The van der Waals surface area contributed by atoms with E-state index in [0.29, 0.717) is 24.1 Å². The van der Waals surface area contributed by atoms with Gasteiger partial charge in [-0.25, -0.2) is 0 Å². The molecule has 2 aromatic carbocycles. The van der Waals surface area contributed by atoms with E-state index in [1.54, 1.807) is 12.1 Å². The van der Waals surface area contributed by atoms with E-state index in [0.717, 1.165) is 10.8 Å². The van der Waals surface area contributed by atoms with Gasteiger partial charge in [-0.1, -0.05) is 31.2 Å². The maximum atomic E-state index is 12.3. The summed E-state index contributed by atoms with van der Waals surface area (Å²) >= 11 is 0. The molecule has 20 heavy (non-hydrogen) atoms. The highest BCUT2D eigenvalue weighted by atomic mass is 16.1. The molecule has 0 aliphatic rings. The summed E-state index contributed by atoms with van der Waals surface area (Å²) in [5.41, 5.74) is 6.86. The van der Waals surface area contributed by atoms with E-state index in [1.807, 2.05) is 31.2 Å². The van der Waals surface area contributed by atoms with E-state index in [9.17, 15) is 4.79 Å². The molecule has 4 nitrogen and oxygen atoms in total. The van der Waals surface area contributed by atoms with E-state index in [2.05, 4.69) is 11.4 Å². The average Bonchev–Trinajstić information content (AvgIpc) is 2.45. The Kier molecular flexibility index (Phi) is 4.21. The van der Waals surface area contributed by atoms with Gasteiger partial charge in [0.05, 0.1) is 18.1 Å². The van der Waals surface area contributed by atoms with Crippen molar-refractivity contribution in [3.8, 4) is 6.07 Å². The monoisotopic (exact) mass is 267 g/mol. The SMILES string of the molecule is CCC(CC#N)NC(=O)c1cc2ccccc2cc1N. The minimum atomic E-state index is -0.227. The minimum Gasteiger partial charge on any atom is -0.398 e.